The Labute approximate surface area is 110 Å². The van der Waals surface area contributed by atoms with E-state index in [4.69, 9.17) is 5.73 Å². The van der Waals surface area contributed by atoms with E-state index in [9.17, 15) is 0 Å². The monoisotopic (exact) mass is 244 g/mol. The van der Waals surface area contributed by atoms with E-state index < -0.39 is 0 Å². The number of rotatable bonds is 4. The van der Waals surface area contributed by atoms with Gasteiger partial charge in [-0.2, -0.15) is 0 Å². The molecule has 1 aliphatic carbocycles. The highest BCUT2D eigenvalue weighted by molar-refractivity contribution is 5.87. The van der Waals surface area contributed by atoms with Gasteiger partial charge in [-0.15, -0.1) is 0 Å². The Hall–Kier alpha value is -1.31. The fourth-order valence-electron chi connectivity index (χ4n) is 2.70. The number of anilines is 1. The van der Waals surface area contributed by atoms with Gasteiger partial charge in [-0.25, -0.2) is 0 Å². The highest BCUT2D eigenvalue weighted by Gasteiger charge is 2.12. The molecule has 2 N–H and O–H groups in total. The van der Waals surface area contributed by atoms with Crippen molar-refractivity contribution < 1.29 is 0 Å². The third-order valence-electron chi connectivity index (χ3n) is 3.86. The minimum Gasteiger partial charge on any atom is -0.398 e. The Morgan fingerprint density at radius 3 is 2.83 bits per heavy atom. The Morgan fingerprint density at radius 2 is 2.06 bits per heavy atom. The molecule has 0 unspecified atom stereocenters. The van der Waals surface area contributed by atoms with Crippen molar-refractivity contribution in [3.8, 4) is 0 Å². The molecule has 1 aliphatic rings. The van der Waals surface area contributed by atoms with E-state index in [-0.39, 0.29) is 0 Å². The van der Waals surface area contributed by atoms with E-state index in [1.165, 1.54) is 44.1 Å². The van der Waals surface area contributed by atoms with Crippen LogP contribution in [0.15, 0.2) is 23.2 Å². The summed E-state index contributed by atoms with van der Waals surface area (Å²) in [5.41, 5.74) is 9.03. The van der Waals surface area contributed by atoms with E-state index >= 15 is 0 Å². The number of benzene rings is 1. The lowest BCUT2D eigenvalue weighted by Gasteiger charge is -2.20. The maximum atomic E-state index is 5.92. The van der Waals surface area contributed by atoms with Crippen LogP contribution in [0.25, 0.3) is 0 Å². The van der Waals surface area contributed by atoms with E-state index in [0.29, 0.717) is 0 Å². The molecule has 0 aliphatic heterocycles. The van der Waals surface area contributed by atoms with Crippen molar-refractivity contribution >= 4 is 11.9 Å². The number of hydrogen-bond acceptors (Lipinski definition) is 2. The van der Waals surface area contributed by atoms with Crippen LogP contribution in [0.5, 0.6) is 0 Å². The van der Waals surface area contributed by atoms with Crippen LogP contribution in [0.1, 0.15) is 49.7 Å². The molecule has 2 rings (SSSR count). The average Bonchev–Trinajstić information content (AvgIpc) is 2.40. The van der Waals surface area contributed by atoms with Crippen molar-refractivity contribution in [2.45, 2.75) is 45.4 Å². The van der Waals surface area contributed by atoms with Gasteiger partial charge in [0, 0.05) is 24.0 Å². The quantitative estimate of drug-likeness (QED) is 0.631. The maximum Gasteiger partial charge on any atom is 0.0403 e. The summed E-state index contributed by atoms with van der Waals surface area (Å²) in [6, 6.07) is 6.09. The molecule has 0 aromatic heterocycles. The number of nitrogens with zero attached hydrogens (tertiary/aromatic N) is 1. The molecule has 18 heavy (non-hydrogen) atoms. The second kappa shape index (κ2) is 6.58. The summed E-state index contributed by atoms with van der Waals surface area (Å²) in [5, 5.41) is 0. The third-order valence-corrected chi connectivity index (χ3v) is 3.86. The molecule has 0 radical (unpaired) electrons. The standard InChI is InChI=1S/C16H24N2/c1-13-7-8-16(17)15(11-13)12-18-10-9-14-5-3-2-4-6-14/h7-8,11-12,14H,2-6,9-10,17H2,1H3. The molecule has 0 spiro atoms. The van der Waals surface area contributed by atoms with Crippen LogP contribution in [0.4, 0.5) is 5.69 Å². The maximum absolute atomic E-state index is 5.92. The topological polar surface area (TPSA) is 38.4 Å². The fourth-order valence-corrected chi connectivity index (χ4v) is 2.70. The van der Waals surface area contributed by atoms with Gasteiger partial charge in [0.2, 0.25) is 0 Å². The van der Waals surface area contributed by atoms with Gasteiger partial charge >= 0.3 is 0 Å². The van der Waals surface area contributed by atoms with Crippen LogP contribution in [-0.2, 0) is 0 Å². The Morgan fingerprint density at radius 1 is 1.28 bits per heavy atom. The van der Waals surface area contributed by atoms with Gasteiger partial charge in [0.1, 0.15) is 0 Å². The zero-order valence-corrected chi connectivity index (χ0v) is 11.4. The minimum atomic E-state index is 0.821. The summed E-state index contributed by atoms with van der Waals surface area (Å²) in [5.74, 6) is 0.908. The normalized spacial score (nSPS) is 17.4. The zero-order valence-electron chi connectivity index (χ0n) is 11.4. The second-order valence-corrected chi connectivity index (χ2v) is 5.46. The van der Waals surface area contributed by atoms with Crippen LogP contribution in [-0.4, -0.2) is 12.8 Å². The molecule has 1 fully saturated rings. The molecule has 1 saturated carbocycles. The van der Waals surface area contributed by atoms with Gasteiger partial charge in [-0.1, -0.05) is 43.7 Å². The molecule has 2 nitrogen and oxygen atoms in total. The van der Waals surface area contributed by atoms with Crippen LogP contribution in [0, 0.1) is 12.8 Å². The highest BCUT2D eigenvalue weighted by atomic mass is 14.7. The number of hydrogen-bond donors (Lipinski definition) is 1. The first-order valence-corrected chi connectivity index (χ1v) is 7.11. The Kier molecular flexibility index (Phi) is 4.80. The van der Waals surface area contributed by atoms with E-state index in [1.807, 2.05) is 18.3 Å². The minimum absolute atomic E-state index is 0.821. The first-order chi connectivity index (χ1) is 8.75. The molecule has 98 valence electrons. The lowest BCUT2D eigenvalue weighted by atomic mass is 9.87. The van der Waals surface area contributed by atoms with Crippen LogP contribution >= 0.6 is 0 Å². The lowest BCUT2D eigenvalue weighted by Crippen LogP contribution is -2.07. The van der Waals surface area contributed by atoms with E-state index in [0.717, 1.165) is 23.7 Å². The summed E-state index contributed by atoms with van der Waals surface area (Å²) in [6.45, 7) is 3.02. The summed E-state index contributed by atoms with van der Waals surface area (Å²) in [6.07, 6.45) is 10.2. The summed E-state index contributed by atoms with van der Waals surface area (Å²) >= 11 is 0. The van der Waals surface area contributed by atoms with Gasteiger partial charge in [0.05, 0.1) is 0 Å². The predicted octanol–water partition coefficient (Wildman–Crippen LogP) is 3.97. The average molecular weight is 244 g/mol. The van der Waals surface area contributed by atoms with Gasteiger partial charge in [0.15, 0.2) is 0 Å². The number of nitrogen functional groups attached to an aromatic ring is 1. The molecule has 0 bridgehead atoms. The molecular formula is C16H24N2. The van der Waals surface area contributed by atoms with E-state index in [2.05, 4.69) is 18.0 Å². The van der Waals surface area contributed by atoms with Crippen molar-refractivity contribution in [2.24, 2.45) is 10.9 Å². The summed E-state index contributed by atoms with van der Waals surface area (Å²) in [4.78, 5) is 4.53. The van der Waals surface area contributed by atoms with Crippen molar-refractivity contribution in [2.75, 3.05) is 12.3 Å². The van der Waals surface area contributed by atoms with Gasteiger partial charge in [-0.3, -0.25) is 4.99 Å². The molecule has 0 amide bonds. The van der Waals surface area contributed by atoms with Crippen molar-refractivity contribution in [3.63, 3.8) is 0 Å². The van der Waals surface area contributed by atoms with Gasteiger partial charge < -0.3 is 5.73 Å². The molecule has 0 atom stereocenters. The van der Waals surface area contributed by atoms with Crippen molar-refractivity contribution in [1.82, 2.24) is 0 Å². The molecule has 1 aromatic rings. The molecule has 0 heterocycles. The number of aryl methyl sites for hydroxylation is 1. The third kappa shape index (κ3) is 3.86. The molecule has 0 saturated heterocycles. The first kappa shape index (κ1) is 13.1. The second-order valence-electron chi connectivity index (χ2n) is 5.46. The smallest absolute Gasteiger partial charge is 0.0403 e. The van der Waals surface area contributed by atoms with Gasteiger partial charge in [-0.05, 0) is 31.4 Å². The van der Waals surface area contributed by atoms with Crippen molar-refractivity contribution in [3.05, 3.63) is 29.3 Å². The van der Waals surface area contributed by atoms with Crippen LogP contribution in [0.2, 0.25) is 0 Å². The largest absolute Gasteiger partial charge is 0.398 e. The first-order valence-electron chi connectivity index (χ1n) is 7.11. The Balaban J connectivity index is 1.81. The summed E-state index contributed by atoms with van der Waals surface area (Å²) in [7, 11) is 0. The lowest BCUT2D eigenvalue weighted by molar-refractivity contribution is 0.343. The Bertz CT molecular complexity index is 404. The number of nitrogens with two attached hydrogens (primary N) is 1. The molecule has 1 aromatic carbocycles. The predicted molar refractivity (Wildman–Crippen MR) is 79.2 cm³/mol. The highest BCUT2D eigenvalue weighted by Crippen LogP contribution is 2.26. The number of aliphatic imine (C=N–C) groups is 1. The van der Waals surface area contributed by atoms with Crippen LogP contribution in [0.3, 0.4) is 0 Å². The zero-order chi connectivity index (χ0) is 12.8. The van der Waals surface area contributed by atoms with Crippen LogP contribution < -0.4 is 5.73 Å². The fraction of sp³-hybridized carbons (Fsp3) is 0.562. The van der Waals surface area contributed by atoms with E-state index in [1.54, 1.807) is 0 Å². The van der Waals surface area contributed by atoms with Gasteiger partial charge in [0.25, 0.3) is 0 Å². The van der Waals surface area contributed by atoms with Crippen molar-refractivity contribution in [1.29, 1.82) is 0 Å². The SMILES string of the molecule is Cc1ccc(N)c(C=NCCC2CCCCC2)c1. The molecule has 2 heteroatoms. The molecular weight excluding hydrogens is 220 g/mol. The summed E-state index contributed by atoms with van der Waals surface area (Å²) < 4.78 is 0.